The Morgan fingerprint density at radius 3 is 2.23 bits per heavy atom. The van der Waals surface area contributed by atoms with Gasteiger partial charge in [0.1, 0.15) is 16.5 Å². The lowest BCUT2D eigenvalue weighted by atomic mass is 9.95. The zero-order chi connectivity index (χ0) is 29.0. The number of hydrogen-bond acceptors (Lipinski definition) is 7. The first-order valence-corrected chi connectivity index (χ1v) is 15.5. The van der Waals surface area contributed by atoms with E-state index in [-0.39, 0.29) is 16.4 Å². The van der Waals surface area contributed by atoms with E-state index >= 15 is 0 Å². The first-order chi connectivity index (χ1) is 19.0. The third-order valence-electron chi connectivity index (χ3n) is 6.51. The van der Waals surface area contributed by atoms with Crippen LogP contribution in [0, 0.1) is 13.8 Å². The van der Waals surface area contributed by atoms with Crippen LogP contribution in [-0.4, -0.2) is 55.7 Å². The summed E-state index contributed by atoms with van der Waals surface area (Å²) < 4.78 is 28.4. The lowest BCUT2D eigenvalue weighted by Crippen LogP contribution is -2.31. The van der Waals surface area contributed by atoms with Crippen molar-refractivity contribution in [3.05, 3.63) is 93.7 Å². The molecule has 0 aliphatic carbocycles. The van der Waals surface area contributed by atoms with Crippen LogP contribution >= 0.6 is 23.6 Å². The Balaban J connectivity index is 1.64. The molecule has 210 valence electrons. The molecule has 4 rings (SSSR count). The number of thiocarbonyl (C=S) groups is 1. The van der Waals surface area contributed by atoms with Crippen LogP contribution in [0.4, 0.5) is 5.69 Å². The van der Waals surface area contributed by atoms with Crippen LogP contribution in [0.25, 0.3) is 11.1 Å². The summed E-state index contributed by atoms with van der Waals surface area (Å²) in [6.45, 7) is 5.29. The summed E-state index contributed by atoms with van der Waals surface area (Å²) >= 11 is 7.41. The zero-order valence-corrected chi connectivity index (χ0v) is 25.3. The SMILES string of the molecule is Cc1cc(S(=O)(=O)NCCN(C)C)cc(C)c1-c1ccc(N(Cc2ccsc2)C(=S)c2ccc(O)cc2O)cc1. The minimum atomic E-state index is -3.62. The molecule has 0 fully saturated rings. The van der Waals surface area contributed by atoms with Gasteiger partial charge in [0, 0.05) is 31.4 Å². The van der Waals surface area contributed by atoms with E-state index in [1.807, 2.05) is 73.5 Å². The number of thiophene rings is 1. The zero-order valence-electron chi connectivity index (χ0n) is 22.9. The molecule has 0 amide bonds. The quantitative estimate of drug-likeness (QED) is 0.204. The number of aromatic hydroxyl groups is 2. The fraction of sp³-hybridized carbons (Fsp3) is 0.233. The highest BCUT2D eigenvalue weighted by atomic mass is 32.2. The number of likely N-dealkylation sites (N-methyl/N-ethyl adjacent to an activating group) is 1. The Morgan fingerprint density at radius 1 is 0.975 bits per heavy atom. The molecule has 0 spiro atoms. The number of nitrogens with one attached hydrogen (secondary N) is 1. The summed E-state index contributed by atoms with van der Waals surface area (Å²) in [5.41, 5.74) is 6.03. The number of anilines is 1. The lowest BCUT2D eigenvalue weighted by molar-refractivity contribution is 0.412. The highest BCUT2D eigenvalue weighted by Gasteiger charge is 2.20. The van der Waals surface area contributed by atoms with Gasteiger partial charge in [0.25, 0.3) is 0 Å². The second-order valence-electron chi connectivity index (χ2n) is 9.90. The smallest absolute Gasteiger partial charge is 0.240 e. The van der Waals surface area contributed by atoms with Gasteiger partial charge in [-0.15, -0.1) is 0 Å². The van der Waals surface area contributed by atoms with Crippen molar-refractivity contribution in [1.29, 1.82) is 0 Å². The third-order valence-corrected chi connectivity index (χ3v) is 9.13. The Bertz CT molecular complexity index is 1580. The number of hydrogen-bond donors (Lipinski definition) is 3. The number of aryl methyl sites for hydroxylation is 2. The average Bonchev–Trinajstić information content (AvgIpc) is 3.40. The van der Waals surface area contributed by atoms with Gasteiger partial charge in [-0.25, -0.2) is 13.1 Å². The highest BCUT2D eigenvalue weighted by Crippen LogP contribution is 2.33. The molecule has 40 heavy (non-hydrogen) atoms. The van der Waals surface area contributed by atoms with E-state index in [0.717, 1.165) is 33.5 Å². The first-order valence-electron chi connectivity index (χ1n) is 12.7. The summed E-state index contributed by atoms with van der Waals surface area (Å²) in [5.74, 6) is -0.124. The van der Waals surface area contributed by atoms with E-state index in [1.165, 1.54) is 12.1 Å². The summed E-state index contributed by atoms with van der Waals surface area (Å²) in [6.07, 6.45) is 0. The fourth-order valence-electron chi connectivity index (χ4n) is 4.52. The van der Waals surface area contributed by atoms with E-state index < -0.39 is 10.0 Å². The van der Waals surface area contributed by atoms with Gasteiger partial charge in [-0.05, 0) is 109 Å². The lowest BCUT2D eigenvalue weighted by Gasteiger charge is -2.26. The number of nitrogens with zero attached hydrogens (tertiary/aromatic N) is 2. The van der Waals surface area contributed by atoms with Crippen molar-refractivity contribution >= 4 is 44.3 Å². The van der Waals surface area contributed by atoms with Gasteiger partial charge in [0.15, 0.2) is 0 Å². The van der Waals surface area contributed by atoms with Crippen molar-refractivity contribution in [2.24, 2.45) is 0 Å². The molecule has 10 heteroatoms. The second kappa shape index (κ2) is 12.5. The molecular formula is C30H33N3O4S3. The summed E-state index contributed by atoms with van der Waals surface area (Å²) in [4.78, 5) is 4.55. The molecule has 3 N–H and O–H groups in total. The summed E-state index contributed by atoms with van der Waals surface area (Å²) in [5, 5.41) is 24.3. The topological polar surface area (TPSA) is 93.1 Å². The third kappa shape index (κ3) is 6.89. The van der Waals surface area contributed by atoms with Crippen molar-refractivity contribution in [1.82, 2.24) is 9.62 Å². The van der Waals surface area contributed by atoms with E-state index in [0.29, 0.717) is 30.2 Å². The van der Waals surface area contributed by atoms with Gasteiger partial charge >= 0.3 is 0 Å². The average molecular weight is 596 g/mol. The number of phenolic OH excluding ortho intramolecular Hbond substituents is 2. The molecule has 4 aromatic rings. The van der Waals surface area contributed by atoms with Crippen molar-refractivity contribution < 1.29 is 18.6 Å². The molecule has 0 bridgehead atoms. The number of sulfonamides is 1. The van der Waals surface area contributed by atoms with E-state index in [4.69, 9.17) is 12.2 Å². The van der Waals surface area contributed by atoms with Gasteiger partial charge < -0.3 is 20.0 Å². The predicted octanol–water partition coefficient (Wildman–Crippen LogP) is 5.67. The molecule has 0 saturated carbocycles. The Kier molecular flexibility index (Phi) is 9.27. The van der Waals surface area contributed by atoms with Crippen LogP contribution in [0.15, 0.2) is 76.3 Å². The highest BCUT2D eigenvalue weighted by molar-refractivity contribution is 7.89. The van der Waals surface area contributed by atoms with Crippen molar-refractivity contribution in [3.8, 4) is 22.6 Å². The Morgan fingerprint density at radius 2 is 1.65 bits per heavy atom. The molecule has 1 aromatic heterocycles. The fourth-order valence-corrected chi connectivity index (χ4v) is 6.71. The molecule has 0 unspecified atom stereocenters. The minimum absolute atomic E-state index is 0.0355. The molecule has 3 aromatic carbocycles. The van der Waals surface area contributed by atoms with Crippen LogP contribution in [0.5, 0.6) is 11.5 Å². The molecular weight excluding hydrogens is 563 g/mol. The van der Waals surface area contributed by atoms with Crippen LogP contribution in [0.1, 0.15) is 22.3 Å². The molecule has 1 heterocycles. The van der Waals surface area contributed by atoms with Crippen LogP contribution in [0.3, 0.4) is 0 Å². The van der Waals surface area contributed by atoms with Crippen LogP contribution in [-0.2, 0) is 16.6 Å². The molecule has 0 radical (unpaired) electrons. The maximum Gasteiger partial charge on any atom is 0.240 e. The van der Waals surface area contributed by atoms with Crippen LogP contribution in [0.2, 0.25) is 0 Å². The largest absolute Gasteiger partial charge is 0.508 e. The van der Waals surface area contributed by atoms with E-state index in [2.05, 4.69) is 10.1 Å². The second-order valence-corrected chi connectivity index (χ2v) is 12.8. The monoisotopic (exact) mass is 595 g/mol. The maximum atomic E-state index is 12.9. The van der Waals surface area contributed by atoms with Gasteiger partial charge in [0.2, 0.25) is 10.0 Å². The molecule has 0 aliphatic heterocycles. The maximum absolute atomic E-state index is 12.9. The number of rotatable bonds is 10. The standard InChI is InChI=1S/C30H33N3O4S3/c1-20-15-26(40(36,37)31-12-13-32(3)4)16-21(2)29(20)23-5-7-24(8-6-23)33(18-22-11-14-39-19-22)30(38)27-10-9-25(34)17-28(27)35/h5-11,14-17,19,31,34-35H,12-13,18H2,1-4H3. The van der Waals surface area contributed by atoms with Crippen molar-refractivity contribution in [2.75, 3.05) is 32.1 Å². The Labute approximate surface area is 245 Å². The van der Waals surface area contributed by atoms with Gasteiger partial charge in [-0.3, -0.25) is 0 Å². The Hall–Kier alpha value is -3.28. The van der Waals surface area contributed by atoms with E-state index in [1.54, 1.807) is 29.5 Å². The minimum Gasteiger partial charge on any atom is -0.508 e. The van der Waals surface area contributed by atoms with Gasteiger partial charge in [-0.2, -0.15) is 11.3 Å². The van der Waals surface area contributed by atoms with Crippen molar-refractivity contribution in [3.63, 3.8) is 0 Å². The van der Waals surface area contributed by atoms with E-state index in [9.17, 15) is 18.6 Å². The summed E-state index contributed by atoms with van der Waals surface area (Å²) in [6, 6.07) is 17.8. The molecule has 0 saturated heterocycles. The molecule has 0 atom stereocenters. The molecule has 0 aliphatic rings. The van der Waals surface area contributed by atoms with Crippen LogP contribution < -0.4 is 9.62 Å². The summed E-state index contributed by atoms with van der Waals surface area (Å²) in [7, 11) is 0.177. The normalized spacial score (nSPS) is 11.6. The number of benzene rings is 3. The first kappa shape index (κ1) is 29.7. The predicted molar refractivity (Wildman–Crippen MR) is 167 cm³/mol. The van der Waals surface area contributed by atoms with Gasteiger partial charge in [0.05, 0.1) is 10.5 Å². The molecule has 7 nitrogen and oxygen atoms in total. The van der Waals surface area contributed by atoms with Crippen molar-refractivity contribution in [2.45, 2.75) is 25.3 Å². The van der Waals surface area contributed by atoms with Gasteiger partial charge in [-0.1, -0.05) is 24.4 Å². The number of phenols is 2.